The molecule has 1 aliphatic rings. The summed E-state index contributed by atoms with van der Waals surface area (Å²) >= 11 is 0. The van der Waals surface area contributed by atoms with E-state index >= 15 is 0 Å². The molecule has 1 saturated heterocycles. The zero-order valence-corrected chi connectivity index (χ0v) is 9.12. The zero-order chi connectivity index (χ0) is 10.4. The smallest absolute Gasteiger partial charge is 0.0895 e. The van der Waals surface area contributed by atoms with Crippen molar-refractivity contribution in [2.75, 3.05) is 33.5 Å². The van der Waals surface area contributed by atoms with Gasteiger partial charge in [-0.15, -0.1) is 0 Å². The van der Waals surface area contributed by atoms with E-state index in [0.717, 1.165) is 26.1 Å². The number of hydrogen-bond acceptors (Lipinski definition) is 4. The number of ether oxygens (including phenoxy) is 3. The van der Waals surface area contributed by atoms with E-state index in [4.69, 9.17) is 19.9 Å². The van der Waals surface area contributed by atoms with E-state index in [1.807, 2.05) is 6.92 Å². The molecular weight excluding hydrogens is 182 g/mol. The lowest BCUT2D eigenvalue weighted by Gasteiger charge is -2.40. The van der Waals surface area contributed by atoms with Crippen molar-refractivity contribution in [2.45, 2.75) is 31.4 Å². The van der Waals surface area contributed by atoms with Crippen LogP contribution in [0.3, 0.4) is 0 Å². The van der Waals surface area contributed by atoms with Crippen LogP contribution in [0.15, 0.2) is 0 Å². The molecule has 1 aliphatic heterocycles. The Balaban J connectivity index is 2.48. The molecule has 1 atom stereocenters. The van der Waals surface area contributed by atoms with Crippen LogP contribution in [0, 0.1) is 0 Å². The molecule has 1 rings (SSSR count). The Kier molecular flexibility index (Phi) is 4.81. The fourth-order valence-electron chi connectivity index (χ4n) is 1.84. The van der Waals surface area contributed by atoms with Crippen molar-refractivity contribution in [3.8, 4) is 0 Å². The van der Waals surface area contributed by atoms with Gasteiger partial charge in [-0.1, -0.05) is 0 Å². The summed E-state index contributed by atoms with van der Waals surface area (Å²) < 4.78 is 16.2. The van der Waals surface area contributed by atoms with E-state index in [9.17, 15) is 0 Å². The van der Waals surface area contributed by atoms with Gasteiger partial charge in [0.2, 0.25) is 0 Å². The zero-order valence-electron chi connectivity index (χ0n) is 9.12. The summed E-state index contributed by atoms with van der Waals surface area (Å²) in [6.45, 7) is 4.69. The highest BCUT2D eigenvalue weighted by Gasteiger charge is 2.38. The molecule has 0 aromatic rings. The Morgan fingerprint density at radius 1 is 1.43 bits per heavy atom. The van der Waals surface area contributed by atoms with Gasteiger partial charge in [-0.2, -0.15) is 0 Å². The summed E-state index contributed by atoms with van der Waals surface area (Å²) in [4.78, 5) is 0. The first kappa shape index (κ1) is 11.9. The lowest BCUT2D eigenvalue weighted by atomic mass is 9.87. The molecular formula is C10H21NO3. The third kappa shape index (κ3) is 2.67. The Labute approximate surface area is 85.7 Å². The molecule has 1 unspecified atom stereocenters. The minimum atomic E-state index is -0.243. The lowest BCUT2D eigenvalue weighted by Crippen LogP contribution is -2.55. The van der Waals surface area contributed by atoms with Crippen molar-refractivity contribution in [2.24, 2.45) is 5.73 Å². The van der Waals surface area contributed by atoms with Crippen LogP contribution in [0.4, 0.5) is 0 Å². The molecule has 0 aliphatic carbocycles. The number of hydrogen-bond donors (Lipinski definition) is 1. The van der Waals surface area contributed by atoms with Crippen LogP contribution in [0.5, 0.6) is 0 Å². The van der Waals surface area contributed by atoms with E-state index in [2.05, 4.69) is 0 Å². The molecule has 1 fully saturated rings. The van der Waals surface area contributed by atoms with Gasteiger partial charge in [-0.25, -0.2) is 0 Å². The van der Waals surface area contributed by atoms with Crippen LogP contribution in [-0.4, -0.2) is 45.2 Å². The SMILES string of the molecule is CCOCC(N)C1(OC)CCOCC1. The van der Waals surface area contributed by atoms with Gasteiger partial charge in [-0.05, 0) is 6.92 Å². The molecule has 14 heavy (non-hydrogen) atoms. The van der Waals surface area contributed by atoms with Crippen LogP contribution in [-0.2, 0) is 14.2 Å². The molecule has 0 radical (unpaired) electrons. The summed E-state index contributed by atoms with van der Waals surface area (Å²) in [7, 11) is 1.72. The molecule has 4 nitrogen and oxygen atoms in total. The van der Waals surface area contributed by atoms with Gasteiger partial charge < -0.3 is 19.9 Å². The number of nitrogens with two attached hydrogens (primary N) is 1. The van der Waals surface area contributed by atoms with E-state index in [0.29, 0.717) is 13.2 Å². The number of methoxy groups -OCH3 is 1. The average Bonchev–Trinajstić information content (AvgIpc) is 2.26. The minimum absolute atomic E-state index is 0.0589. The summed E-state index contributed by atoms with van der Waals surface area (Å²) in [5.74, 6) is 0. The molecule has 0 saturated carbocycles. The van der Waals surface area contributed by atoms with Crippen LogP contribution in [0.2, 0.25) is 0 Å². The maximum atomic E-state index is 6.07. The molecule has 84 valence electrons. The third-order valence-electron chi connectivity index (χ3n) is 2.92. The van der Waals surface area contributed by atoms with Gasteiger partial charge in [0.05, 0.1) is 18.2 Å². The highest BCUT2D eigenvalue weighted by Crippen LogP contribution is 2.27. The maximum absolute atomic E-state index is 6.07. The van der Waals surface area contributed by atoms with Crippen molar-refractivity contribution in [1.82, 2.24) is 0 Å². The van der Waals surface area contributed by atoms with Crippen molar-refractivity contribution in [1.29, 1.82) is 0 Å². The molecule has 0 amide bonds. The number of rotatable bonds is 5. The highest BCUT2D eigenvalue weighted by molar-refractivity contribution is 4.92. The van der Waals surface area contributed by atoms with Crippen LogP contribution < -0.4 is 5.73 Å². The summed E-state index contributed by atoms with van der Waals surface area (Å²) in [6.07, 6.45) is 1.72. The first-order valence-corrected chi connectivity index (χ1v) is 5.21. The predicted octanol–water partition coefficient (Wildman–Crippen LogP) is 0.546. The van der Waals surface area contributed by atoms with Crippen LogP contribution in [0.1, 0.15) is 19.8 Å². The Morgan fingerprint density at radius 2 is 2.07 bits per heavy atom. The summed E-state index contributed by atoms with van der Waals surface area (Å²) in [5, 5.41) is 0. The summed E-state index contributed by atoms with van der Waals surface area (Å²) in [6, 6.07) is -0.0589. The largest absolute Gasteiger partial charge is 0.381 e. The first-order chi connectivity index (χ1) is 6.75. The van der Waals surface area contributed by atoms with Crippen LogP contribution >= 0.6 is 0 Å². The molecule has 0 aromatic carbocycles. The van der Waals surface area contributed by atoms with Gasteiger partial charge in [0, 0.05) is 39.8 Å². The van der Waals surface area contributed by atoms with E-state index in [-0.39, 0.29) is 11.6 Å². The van der Waals surface area contributed by atoms with E-state index in [1.54, 1.807) is 7.11 Å². The Hall–Kier alpha value is -0.160. The molecule has 4 heteroatoms. The normalized spacial score (nSPS) is 23.4. The van der Waals surface area contributed by atoms with E-state index < -0.39 is 0 Å². The van der Waals surface area contributed by atoms with Crippen molar-refractivity contribution < 1.29 is 14.2 Å². The highest BCUT2D eigenvalue weighted by atomic mass is 16.5. The Morgan fingerprint density at radius 3 is 2.57 bits per heavy atom. The standard InChI is InChI=1S/C10H21NO3/c1-3-13-8-9(11)10(12-2)4-6-14-7-5-10/h9H,3-8,11H2,1-2H3. The van der Waals surface area contributed by atoms with Crippen molar-refractivity contribution in [3.05, 3.63) is 0 Å². The average molecular weight is 203 g/mol. The second-order valence-electron chi connectivity index (χ2n) is 3.65. The monoisotopic (exact) mass is 203 g/mol. The second-order valence-corrected chi connectivity index (χ2v) is 3.65. The molecule has 2 N–H and O–H groups in total. The third-order valence-corrected chi connectivity index (χ3v) is 2.92. The lowest BCUT2D eigenvalue weighted by molar-refractivity contribution is -0.114. The maximum Gasteiger partial charge on any atom is 0.0895 e. The second kappa shape index (κ2) is 5.66. The fourth-order valence-corrected chi connectivity index (χ4v) is 1.84. The molecule has 0 spiro atoms. The van der Waals surface area contributed by atoms with Crippen molar-refractivity contribution >= 4 is 0 Å². The molecule has 0 bridgehead atoms. The fraction of sp³-hybridized carbons (Fsp3) is 1.00. The molecule has 1 heterocycles. The minimum Gasteiger partial charge on any atom is -0.381 e. The van der Waals surface area contributed by atoms with Gasteiger partial charge >= 0.3 is 0 Å². The van der Waals surface area contributed by atoms with Crippen molar-refractivity contribution in [3.63, 3.8) is 0 Å². The van der Waals surface area contributed by atoms with E-state index in [1.165, 1.54) is 0 Å². The summed E-state index contributed by atoms with van der Waals surface area (Å²) in [5.41, 5.74) is 5.83. The quantitative estimate of drug-likeness (QED) is 0.709. The first-order valence-electron chi connectivity index (χ1n) is 5.21. The van der Waals surface area contributed by atoms with Crippen LogP contribution in [0.25, 0.3) is 0 Å². The predicted molar refractivity (Wildman–Crippen MR) is 54.3 cm³/mol. The molecule has 0 aromatic heterocycles. The topological polar surface area (TPSA) is 53.7 Å². The van der Waals surface area contributed by atoms with Gasteiger partial charge in [0.1, 0.15) is 0 Å². The van der Waals surface area contributed by atoms with Gasteiger partial charge in [0.15, 0.2) is 0 Å². The van der Waals surface area contributed by atoms with Gasteiger partial charge in [0.25, 0.3) is 0 Å². The van der Waals surface area contributed by atoms with Gasteiger partial charge in [-0.3, -0.25) is 0 Å². The Bertz CT molecular complexity index is 157.